The lowest BCUT2D eigenvalue weighted by molar-refractivity contribution is 0.299. The molecular weight excluding hydrogens is 234 g/mol. The van der Waals surface area contributed by atoms with Gasteiger partial charge in [0.05, 0.1) is 11.6 Å². The zero-order chi connectivity index (χ0) is 12.1. The monoisotopic (exact) mass is 253 g/mol. The lowest BCUT2D eigenvalue weighted by Crippen LogP contribution is -2.21. The largest absolute Gasteiger partial charge is 0.492 e. The number of hydrogen-bond acceptors (Lipinski definition) is 2. The highest BCUT2D eigenvalue weighted by molar-refractivity contribution is 6.32. The van der Waals surface area contributed by atoms with Crippen LogP contribution in [-0.4, -0.2) is 19.2 Å². The first-order chi connectivity index (χ1) is 8.25. The molecule has 1 saturated heterocycles. The van der Waals surface area contributed by atoms with Gasteiger partial charge in [-0.25, -0.2) is 0 Å². The SMILES string of the molecule is Cc1ccc(OCCCC2CCCN2)c(Cl)c1. The summed E-state index contributed by atoms with van der Waals surface area (Å²) in [4.78, 5) is 0. The van der Waals surface area contributed by atoms with E-state index in [1.807, 2.05) is 25.1 Å². The van der Waals surface area contributed by atoms with Crippen molar-refractivity contribution >= 4 is 11.6 Å². The minimum Gasteiger partial charge on any atom is -0.492 e. The highest BCUT2D eigenvalue weighted by Crippen LogP contribution is 2.25. The first-order valence-corrected chi connectivity index (χ1v) is 6.76. The first-order valence-electron chi connectivity index (χ1n) is 6.38. The van der Waals surface area contributed by atoms with E-state index >= 15 is 0 Å². The van der Waals surface area contributed by atoms with Crippen molar-refractivity contribution in [3.63, 3.8) is 0 Å². The number of hydrogen-bond donors (Lipinski definition) is 1. The summed E-state index contributed by atoms with van der Waals surface area (Å²) >= 11 is 6.10. The summed E-state index contributed by atoms with van der Waals surface area (Å²) in [6.45, 7) is 3.96. The molecule has 1 aliphatic rings. The Morgan fingerprint density at radius 1 is 1.47 bits per heavy atom. The van der Waals surface area contributed by atoms with Crippen LogP contribution in [0.5, 0.6) is 5.75 Å². The second-order valence-corrected chi connectivity index (χ2v) is 5.13. The number of rotatable bonds is 5. The smallest absolute Gasteiger partial charge is 0.137 e. The molecule has 1 aromatic carbocycles. The summed E-state index contributed by atoms with van der Waals surface area (Å²) in [5.74, 6) is 0.802. The second-order valence-electron chi connectivity index (χ2n) is 4.72. The maximum atomic E-state index is 6.10. The van der Waals surface area contributed by atoms with E-state index in [1.165, 1.54) is 25.8 Å². The molecule has 0 amide bonds. The molecule has 0 bridgehead atoms. The van der Waals surface area contributed by atoms with Crippen LogP contribution in [0.25, 0.3) is 0 Å². The van der Waals surface area contributed by atoms with Crippen LogP contribution in [0.15, 0.2) is 18.2 Å². The molecule has 94 valence electrons. The van der Waals surface area contributed by atoms with E-state index in [9.17, 15) is 0 Å². The molecule has 0 aromatic heterocycles. The fourth-order valence-corrected chi connectivity index (χ4v) is 2.53. The molecule has 1 atom stereocenters. The Balaban J connectivity index is 1.70. The molecule has 1 heterocycles. The molecule has 1 fully saturated rings. The maximum Gasteiger partial charge on any atom is 0.137 e. The Morgan fingerprint density at radius 3 is 3.06 bits per heavy atom. The standard InChI is InChI=1S/C14H20ClNO/c1-11-6-7-14(13(15)10-11)17-9-3-5-12-4-2-8-16-12/h6-7,10,12,16H,2-5,8-9H2,1H3. The molecule has 1 N–H and O–H groups in total. The third-order valence-electron chi connectivity index (χ3n) is 3.20. The first kappa shape index (κ1) is 12.7. The lowest BCUT2D eigenvalue weighted by Gasteiger charge is -2.11. The number of aryl methyl sites for hydroxylation is 1. The molecule has 0 aliphatic carbocycles. The summed E-state index contributed by atoms with van der Waals surface area (Å²) in [5, 5.41) is 4.20. The van der Waals surface area contributed by atoms with Gasteiger partial charge >= 0.3 is 0 Å². The van der Waals surface area contributed by atoms with E-state index in [-0.39, 0.29) is 0 Å². The average molecular weight is 254 g/mol. The van der Waals surface area contributed by atoms with Crippen molar-refractivity contribution in [2.24, 2.45) is 0 Å². The minimum absolute atomic E-state index is 0.701. The van der Waals surface area contributed by atoms with Crippen LogP contribution in [0, 0.1) is 6.92 Å². The summed E-state index contributed by atoms with van der Waals surface area (Å²) in [5.41, 5.74) is 1.16. The van der Waals surface area contributed by atoms with Gasteiger partial charge in [-0.05, 0) is 56.8 Å². The van der Waals surface area contributed by atoms with Gasteiger partial charge in [0.15, 0.2) is 0 Å². The third kappa shape index (κ3) is 3.90. The number of ether oxygens (including phenoxy) is 1. The van der Waals surface area contributed by atoms with E-state index in [0.29, 0.717) is 11.1 Å². The Bertz CT molecular complexity index is 361. The van der Waals surface area contributed by atoms with Gasteiger partial charge in [0, 0.05) is 6.04 Å². The molecule has 0 saturated carbocycles. The van der Waals surface area contributed by atoms with Crippen LogP contribution in [0.2, 0.25) is 5.02 Å². The second kappa shape index (κ2) is 6.27. The molecular formula is C14H20ClNO. The summed E-state index contributed by atoms with van der Waals surface area (Å²) in [7, 11) is 0. The summed E-state index contributed by atoms with van der Waals surface area (Å²) in [6, 6.07) is 6.62. The van der Waals surface area contributed by atoms with E-state index in [2.05, 4.69) is 5.32 Å². The van der Waals surface area contributed by atoms with Gasteiger partial charge in [-0.3, -0.25) is 0 Å². The van der Waals surface area contributed by atoms with Crippen molar-refractivity contribution in [1.82, 2.24) is 5.32 Å². The van der Waals surface area contributed by atoms with Gasteiger partial charge in [-0.15, -0.1) is 0 Å². The third-order valence-corrected chi connectivity index (χ3v) is 3.50. The lowest BCUT2D eigenvalue weighted by atomic mass is 10.1. The topological polar surface area (TPSA) is 21.3 Å². The zero-order valence-electron chi connectivity index (χ0n) is 10.3. The van der Waals surface area contributed by atoms with Gasteiger partial charge in [-0.2, -0.15) is 0 Å². The van der Waals surface area contributed by atoms with Crippen molar-refractivity contribution < 1.29 is 4.74 Å². The van der Waals surface area contributed by atoms with Crippen molar-refractivity contribution in [2.45, 2.75) is 38.6 Å². The molecule has 2 rings (SSSR count). The highest BCUT2D eigenvalue weighted by Gasteiger charge is 2.13. The number of benzene rings is 1. The Labute approximate surface area is 108 Å². The fraction of sp³-hybridized carbons (Fsp3) is 0.571. The van der Waals surface area contributed by atoms with Crippen molar-refractivity contribution in [3.05, 3.63) is 28.8 Å². The Morgan fingerprint density at radius 2 is 2.35 bits per heavy atom. The van der Waals surface area contributed by atoms with Crippen LogP contribution in [-0.2, 0) is 0 Å². The van der Waals surface area contributed by atoms with Gasteiger partial charge in [-0.1, -0.05) is 17.7 Å². The van der Waals surface area contributed by atoms with E-state index in [1.54, 1.807) is 0 Å². The molecule has 3 heteroatoms. The van der Waals surface area contributed by atoms with Gasteiger partial charge in [0.1, 0.15) is 5.75 Å². The van der Waals surface area contributed by atoms with Crippen LogP contribution in [0.1, 0.15) is 31.2 Å². The Kier molecular flexibility index (Phi) is 4.69. The summed E-state index contributed by atoms with van der Waals surface area (Å²) < 4.78 is 5.69. The number of halogens is 1. The van der Waals surface area contributed by atoms with Crippen LogP contribution >= 0.6 is 11.6 Å². The van der Waals surface area contributed by atoms with Gasteiger partial charge in [0.2, 0.25) is 0 Å². The number of nitrogens with one attached hydrogen (secondary N) is 1. The van der Waals surface area contributed by atoms with Crippen LogP contribution in [0.3, 0.4) is 0 Å². The molecule has 1 aliphatic heterocycles. The molecule has 1 aromatic rings. The van der Waals surface area contributed by atoms with E-state index in [0.717, 1.165) is 24.3 Å². The highest BCUT2D eigenvalue weighted by atomic mass is 35.5. The Hall–Kier alpha value is -0.730. The predicted molar refractivity (Wildman–Crippen MR) is 71.9 cm³/mol. The van der Waals surface area contributed by atoms with Gasteiger partial charge in [0.25, 0.3) is 0 Å². The normalized spacial score (nSPS) is 19.5. The predicted octanol–water partition coefficient (Wildman–Crippen LogP) is 3.56. The van der Waals surface area contributed by atoms with E-state index in [4.69, 9.17) is 16.3 Å². The van der Waals surface area contributed by atoms with Crippen molar-refractivity contribution in [1.29, 1.82) is 0 Å². The molecule has 2 nitrogen and oxygen atoms in total. The maximum absolute atomic E-state index is 6.10. The zero-order valence-corrected chi connectivity index (χ0v) is 11.1. The minimum atomic E-state index is 0.701. The molecule has 1 unspecified atom stereocenters. The molecule has 0 radical (unpaired) electrons. The van der Waals surface area contributed by atoms with Crippen LogP contribution in [0.4, 0.5) is 0 Å². The van der Waals surface area contributed by atoms with Gasteiger partial charge < -0.3 is 10.1 Å². The average Bonchev–Trinajstić information content (AvgIpc) is 2.79. The van der Waals surface area contributed by atoms with Crippen molar-refractivity contribution in [3.8, 4) is 5.75 Å². The quantitative estimate of drug-likeness (QED) is 0.811. The summed E-state index contributed by atoms with van der Waals surface area (Å²) in [6.07, 6.45) is 4.91. The van der Waals surface area contributed by atoms with Crippen molar-refractivity contribution in [2.75, 3.05) is 13.2 Å². The van der Waals surface area contributed by atoms with E-state index < -0.39 is 0 Å². The molecule has 17 heavy (non-hydrogen) atoms. The van der Waals surface area contributed by atoms with Crippen LogP contribution < -0.4 is 10.1 Å². The fourth-order valence-electron chi connectivity index (χ4n) is 2.24. The molecule has 0 spiro atoms.